The van der Waals surface area contributed by atoms with E-state index in [0.717, 1.165) is 8.96 Å². The highest BCUT2D eigenvalue weighted by Crippen LogP contribution is 2.80. The molecule has 1 saturated carbocycles. The minimum Gasteiger partial charge on any atom is -0.274 e. The second kappa shape index (κ2) is 5.50. The molecular formula is C15H7Br6NO2. The van der Waals surface area contributed by atoms with Crippen LogP contribution in [0.15, 0.2) is 39.3 Å². The van der Waals surface area contributed by atoms with E-state index in [9.17, 15) is 9.59 Å². The number of halogens is 6. The van der Waals surface area contributed by atoms with Gasteiger partial charge in [0.2, 0.25) is 11.8 Å². The van der Waals surface area contributed by atoms with Gasteiger partial charge in [0.15, 0.2) is 0 Å². The van der Waals surface area contributed by atoms with Crippen molar-refractivity contribution in [3.05, 3.63) is 39.3 Å². The number of nitrogens with zero attached hydrogens (tertiary/aromatic N) is 1. The summed E-state index contributed by atoms with van der Waals surface area (Å²) in [5, 5.41) is 0. The van der Waals surface area contributed by atoms with E-state index in [1.165, 1.54) is 4.90 Å². The molecule has 2 amide bonds. The fourth-order valence-electron chi connectivity index (χ4n) is 3.83. The lowest BCUT2D eigenvalue weighted by Gasteiger charge is -2.36. The normalized spacial score (nSPS) is 39.8. The summed E-state index contributed by atoms with van der Waals surface area (Å²) in [6.07, 6.45) is 0. The zero-order chi connectivity index (χ0) is 17.7. The molecule has 1 aromatic carbocycles. The Bertz CT molecular complexity index is 779. The van der Waals surface area contributed by atoms with Crippen LogP contribution < -0.4 is 4.90 Å². The molecule has 0 radical (unpaired) electrons. The Labute approximate surface area is 188 Å². The number of amides is 2. The number of alkyl halides is 4. The topological polar surface area (TPSA) is 37.4 Å². The first kappa shape index (κ1) is 18.3. The van der Waals surface area contributed by atoms with Crippen LogP contribution in [0.2, 0.25) is 0 Å². The molecule has 0 aromatic heterocycles. The van der Waals surface area contributed by atoms with E-state index in [1.807, 2.05) is 18.2 Å². The van der Waals surface area contributed by atoms with Crippen LogP contribution in [0.4, 0.5) is 5.69 Å². The summed E-state index contributed by atoms with van der Waals surface area (Å²) in [4.78, 5) is 27.8. The van der Waals surface area contributed by atoms with Crippen LogP contribution in [0.1, 0.15) is 0 Å². The van der Waals surface area contributed by atoms with Gasteiger partial charge in [0.1, 0.15) is 3.23 Å². The van der Waals surface area contributed by atoms with Crippen molar-refractivity contribution in [2.24, 2.45) is 11.8 Å². The van der Waals surface area contributed by atoms with Crippen molar-refractivity contribution in [2.75, 3.05) is 4.90 Å². The van der Waals surface area contributed by atoms with E-state index < -0.39 is 23.7 Å². The maximum Gasteiger partial charge on any atom is 0.239 e. The summed E-state index contributed by atoms with van der Waals surface area (Å²) >= 11 is 22.2. The Morgan fingerprint density at radius 3 is 1.62 bits per heavy atom. The number of benzene rings is 1. The van der Waals surface area contributed by atoms with Crippen molar-refractivity contribution < 1.29 is 9.59 Å². The molecule has 9 heteroatoms. The van der Waals surface area contributed by atoms with Crippen LogP contribution in [0.25, 0.3) is 0 Å². The third-order valence-corrected chi connectivity index (χ3v) is 16.2. The van der Waals surface area contributed by atoms with E-state index in [0.29, 0.717) is 5.69 Å². The molecule has 1 aromatic rings. The van der Waals surface area contributed by atoms with Crippen molar-refractivity contribution in [3.8, 4) is 0 Å². The first-order chi connectivity index (χ1) is 11.1. The van der Waals surface area contributed by atoms with Crippen molar-refractivity contribution in [2.45, 2.75) is 11.9 Å². The highest BCUT2D eigenvalue weighted by molar-refractivity contribution is 9.27. The summed E-state index contributed by atoms with van der Waals surface area (Å²) in [6, 6.07) is 9.03. The minimum atomic E-state index is -0.802. The zero-order valence-electron chi connectivity index (χ0n) is 11.6. The van der Waals surface area contributed by atoms with Crippen molar-refractivity contribution >= 4 is 113 Å². The quantitative estimate of drug-likeness (QED) is 0.282. The molecule has 0 spiro atoms. The average Bonchev–Trinajstić information content (AvgIpc) is 2.93. The number of hydrogen-bond acceptors (Lipinski definition) is 2. The average molecular weight is 713 g/mol. The molecule has 0 N–H and O–H groups in total. The van der Waals surface area contributed by atoms with E-state index in [-0.39, 0.29) is 11.8 Å². The molecule has 1 heterocycles. The molecule has 2 bridgehead atoms. The van der Waals surface area contributed by atoms with Crippen molar-refractivity contribution in [1.82, 2.24) is 0 Å². The fraction of sp³-hybridized carbons (Fsp3) is 0.333. The number of allylic oxidation sites excluding steroid dienone is 2. The van der Waals surface area contributed by atoms with E-state index in [2.05, 4.69) is 95.6 Å². The number of fused-ring (bicyclic) bond motifs is 5. The molecule has 4 rings (SSSR count). The third kappa shape index (κ3) is 1.78. The first-order valence-electron chi connectivity index (χ1n) is 6.86. The zero-order valence-corrected chi connectivity index (χ0v) is 21.1. The maximum atomic E-state index is 13.2. The second-order valence-electron chi connectivity index (χ2n) is 5.93. The van der Waals surface area contributed by atoms with Gasteiger partial charge in [0.05, 0.1) is 26.2 Å². The van der Waals surface area contributed by atoms with Crippen molar-refractivity contribution in [3.63, 3.8) is 0 Å². The summed E-state index contributed by atoms with van der Waals surface area (Å²) < 4.78 is -0.746. The summed E-state index contributed by atoms with van der Waals surface area (Å²) in [6.45, 7) is 0. The fourth-order valence-corrected chi connectivity index (χ4v) is 11.1. The second-order valence-corrected chi connectivity index (χ2v) is 13.5. The van der Waals surface area contributed by atoms with Gasteiger partial charge in [-0.05, 0) is 12.1 Å². The highest BCUT2D eigenvalue weighted by atomic mass is 79.9. The SMILES string of the molecule is O=C1C2C(C(=O)N1c1ccccc1)C1(Br)C(Br)=C(Br)C2(Br)C1(Br)Br. The molecule has 3 nitrogen and oxygen atoms in total. The monoisotopic (exact) mass is 707 g/mol. The molecule has 3 aliphatic rings. The largest absolute Gasteiger partial charge is 0.274 e. The molecule has 24 heavy (non-hydrogen) atoms. The Balaban J connectivity index is 1.93. The molecule has 4 unspecified atom stereocenters. The summed E-state index contributed by atoms with van der Waals surface area (Å²) in [7, 11) is 0. The molecule has 2 fully saturated rings. The van der Waals surface area contributed by atoms with Gasteiger partial charge in [-0.2, -0.15) is 0 Å². The van der Waals surface area contributed by atoms with Gasteiger partial charge >= 0.3 is 0 Å². The summed E-state index contributed by atoms with van der Waals surface area (Å²) in [5.41, 5.74) is 0.593. The number of rotatable bonds is 1. The van der Waals surface area contributed by atoms with E-state index >= 15 is 0 Å². The Kier molecular flexibility index (Phi) is 4.21. The smallest absolute Gasteiger partial charge is 0.239 e. The number of para-hydroxylation sites is 1. The van der Waals surface area contributed by atoms with Crippen LogP contribution in [0, 0.1) is 11.8 Å². The first-order valence-corrected chi connectivity index (χ1v) is 11.6. The lowest BCUT2D eigenvalue weighted by atomic mass is 9.85. The van der Waals surface area contributed by atoms with Crippen LogP contribution >= 0.6 is 95.6 Å². The highest BCUT2D eigenvalue weighted by Gasteiger charge is 2.85. The van der Waals surface area contributed by atoms with Crippen LogP contribution in [0.3, 0.4) is 0 Å². The molecule has 1 aliphatic heterocycles. The number of carbonyl (C=O) groups is 2. The van der Waals surface area contributed by atoms with Gasteiger partial charge in [-0.25, -0.2) is 4.90 Å². The summed E-state index contributed by atoms with van der Waals surface area (Å²) in [5.74, 6) is -1.54. The lowest BCUT2D eigenvalue weighted by molar-refractivity contribution is -0.122. The van der Waals surface area contributed by atoms with E-state index in [1.54, 1.807) is 12.1 Å². The van der Waals surface area contributed by atoms with Crippen LogP contribution in [-0.2, 0) is 9.59 Å². The number of anilines is 1. The van der Waals surface area contributed by atoms with Gasteiger partial charge in [-0.1, -0.05) is 114 Å². The van der Waals surface area contributed by atoms with Crippen LogP contribution in [-0.4, -0.2) is 23.7 Å². The molecule has 4 atom stereocenters. The predicted octanol–water partition coefficient (Wildman–Crippen LogP) is 5.57. The molecule has 126 valence electrons. The Hall–Kier alpha value is 0.980. The maximum absolute atomic E-state index is 13.2. The van der Waals surface area contributed by atoms with Gasteiger partial charge in [-0.15, -0.1) is 0 Å². The van der Waals surface area contributed by atoms with Gasteiger partial charge in [0, 0.05) is 8.96 Å². The van der Waals surface area contributed by atoms with Gasteiger partial charge in [0.25, 0.3) is 0 Å². The third-order valence-electron chi connectivity index (χ3n) is 4.92. The molecule has 1 saturated heterocycles. The Morgan fingerprint density at radius 1 is 0.792 bits per heavy atom. The van der Waals surface area contributed by atoms with Gasteiger partial charge < -0.3 is 0 Å². The Morgan fingerprint density at radius 2 is 1.21 bits per heavy atom. The standard InChI is InChI=1S/C15H7Br6NO2/c16-9-10(17)14(19)8-7(13(9,18)15(14,20)21)11(23)22(12(8)24)6-4-2-1-3-5-6/h1-5,7-8H. The van der Waals surface area contributed by atoms with Gasteiger partial charge in [-0.3, -0.25) is 9.59 Å². The van der Waals surface area contributed by atoms with E-state index in [4.69, 9.17) is 0 Å². The molecular weight excluding hydrogens is 706 g/mol. The number of imide groups is 1. The predicted molar refractivity (Wildman–Crippen MR) is 115 cm³/mol. The lowest BCUT2D eigenvalue weighted by Crippen LogP contribution is -2.48. The van der Waals surface area contributed by atoms with Crippen molar-refractivity contribution in [1.29, 1.82) is 0 Å². The molecule has 2 aliphatic carbocycles. The minimum absolute atomic E-state index is 0.213. The van der Waals surface area contributed by atoms with Crippen LogP contribution in [0.5, 0.6) is 0 Å². The number of carbonyl (C=O) groups excluding carboxylic acids is 2. The number of hydrogen-bond donors (Lipinski definition) is 0.